The summed E-state index contributed by atoms with van der Waals surface area (Å²) in [5, 5.41) is 4.91. The van der Waals surface area contributed by atoms with E-state index < -0.39 is 22.0 Å². The molecule has 0 aliphatic rings. The molecule has 0 spiro atoms. The third-order valence-corrected chi connectivity index (χ3v) is 5.07. The summed E-state index contributed by atoms with van der Waals surface area (Å²) in [6, 6.07) is 10.2. The van der Waals surface area contributed by atoms with Crippen molar-refractivity contribution in [3.63, 3.8) is 0 Å². The summed E-state index contributed by atoms with van der Waals surface area (Å²) in [6.45, 7) is 3.61. The zero-order valence-corrected chi connectivity index (χ0v) is 14.9. The third-order valence-electron chi connectivity index (χ3n) is 3.73. The maximum Gasteiger partial charge on any atom is 0.318 e. The summed E-state index contributed by atoms with van der Waals surface area (Å²) in [4.78, 5) is 23.5. The van der Waals surface area contributed by atoms with Gasteiger partial charge in [0.15, 0.2) is 0 Å². The minimum Gasteiger partial charge on any atom is -0.341 e. The summed E-state index contributed by atoms with van der Waals surface area (Å²) in [5.74, 6) is -0.686. The zero-order chi connectivity index (χ0) is 18.6. The van der Waals surface area contributed by atoms with Crippen LogP contribution in [-0.2, 0) is 10.0 Å². The van der Waals surface area contributed by atoms with Gasteiger partial charge in [-0.1, -0.05) is 12.1 Å². The fourth-order valence-corrected chi connectivity index (χ4v) is 3.11. The lowest BCUT2D eigenvalue weighted by atomic mass is 10.0. The fraction of sp³-hybridized carbons (Fsp3) is 0.176. The van der Waals surface area contributed by atoms with Gasteiger partial charge in [-0.15, -0.1) is 0 Å². The standard InChI is InChI=1S/C17H19N3O4S/c1-11-5-4-6-15(12(11)2)16(21)20-25(23,24)14-9-7-13(8-10-14)19-17(22)18-3/h4-10H,1-3H3,(H,20,21)(H2,18,19,22). The van der Waals surface area contributed by atoms with Gasteiger partial charge in [0, 0.05) is 18.3 Å². The largest absolute Gasteiger partial charge is 0.341 e. The number of benzene rings is 2. The minimum absolute atomic E-state index is 0.0754. The monoisotopic (exact) mass is 361 g/mol. The lowest BCUT2D eigenvalue weighted by molar-refractivity contribution is 0.0980. The van der Waals surface area contributed by atoms with Crippen LogP contribution in [0.5, 0.6) is 0 Å². The maximum absolute atomic E-state index is 12.4. The molecule has 3 N–H and O–H groups in total. The highest BCUT2D eigenvalue weighted by Crippen LogP contribution is 2.16. The van der Waals surface area contributed by atoms with Crippen molar-refractivity contribution in [1.82, 2.24) is 10.0 Å². The van der Waals surface area contributed by atoms with Gasteiger partial charge in [0.25, 0.3) is 15.9 Å². The number of anilines is 1. The molecular weight excluding hydrogens is 342 g/mol. The molecule has 3 amide bonds. The van der Waals surface area contributed by atoms with Gasteiger partial charge in [0.1, 0.15) is 0 Å². The van der Waals surface area contributed by atoms with Gasteiger partial charge in [-0.25, -0.2) is 17.9 Å². The Morgan fingerprint density at radius 1 is 0.960 bits per heavy atom. The SMILES string of the molecule is CNC(=O)Nc1ccc(S(=O)(=O)NC(=O)c2cccc(C)c2C)cc1. The predicted octanol–water partition coefficient (Wildman–Crippen LogP) is 2.17. The highest BCUT2D eigenvalue weighted by Gasteiger charge is 2.20. The molecule has 2 aromatic rings. The first-order valence-corrected chi connectivity index (χ1v) is 8.95. The quantitative estimate of drug-likeness (QED) is 0.776. The summed E-state index contributed by atoms with van der Waals surface area (Å²) in [5.41, 5.74) is 2.36. The normalized spacial score (nSPS) is 10.8. The van der Waals surface area contributed by atoms with E-state index >= 15 is 0 Å². The number of amides is 3. The van der Waals surface area contributed by atoms with E-state index in [0.29, 0.717) is 11.3 Å². The summed E-state index contributed by atoms with van der Waals surface area (Å²) in [6.07, 6.45) is 0. The van der Waals surface area contributed by atoms with Crippen molar-refractivity contribution >= 4 is 27.6 Å². The van der Waals surface area contributed by atoms with Crippen LogP contribution < -0.4 is 15.4 Å². The highest BCUT2D eigenvalue weighted by atomic mass is 32.2. The second-order valence-corrected chi connectivity index (χ2v) is 7.09. The summed E-state index contributed by atoms with van der Waals surface area (Å²) < 4.78 is 26.8. The van der Waals surface area contributed by atoms with Crippen molar-refractivity contribution in [1.29, 1.82) is 0 Å². The molecule has 25 heavy (non-hydrogen) atoms. The van der Waals surface area contributed by atoms with Crippen LogP contribution in [0.1, 0.15) is 21.5 Å². The number of urea groups is 1. The highest BCUT2D eigenvalue weighted by molar-refractivity contribution is 7.90. The predicted molar refractivity (Wildman–Crippen MR) is 95.1 cm³/mol. The van der Waals surface area contributed by atoms with Gasteiger partial charge in [-0.2, -0.15) is 0 Å². The molecule has 0 aliphatic carbocycles. The molecule has 0 radical (unpaired) electrons. The first kappa shape index (κ1) is 18.5. The third kappa shape index (κ3) is 4.36. The van der Waals surface area contributed by atoms with Crippen molar-refractivity contribution in [2.45, 2.75) is 18.7 Å². The van der Waals surface area contributed by atoms with E-state index in [1.165, 1.54) is 31.3 Å². The Morgan fingerprint density at radius 3 is 2.20 bits per heavy atom. The molecule has 0 bridgehead atoms. The minimum atomic E-state index is -4.02. The van der Waals surface area contributed by atoms with Crippen LogP contribution in [0.15, 0.2) is 47.4 Å². The molecule has 0 fully saturated rings. The Bertz CT molecular complexity index is 906. The van der Waals surface area contributed by atoms with Gasteiger partial charge >= 0.3 is 6.03 Å². The Balaban J connectivity index is 2.20. The smallest absolute Gasteiger partial charge is 0.318 e. The Hall–Kier alpha value is -2.87. The van der Waals surface area contributed by atoms with E-state index in [2.05, 4.69) is 15.4 Å². The van der Waals surface area contributed by atoms with E-state index in [0.717, 1.165) is 11.1 Å². The fourth-order valence-electron chi connectivity index (χ4n) is 2.14. The molecule has 2 rings (SSSR count). The van der Waals surface area contributed by atoms with E-state index in [4.69, 9.17) is 0 Å². The van der Waals surface area contributed by atoms with Gasteiger partial charge in [-0.05, 0) is 55.3 Å². The number of carbonyl (C=O) groups is 2. The van der Waals surface area contributed by atoms with E-state index in [-0.39, 0.29) is 4.90 Å². The van der Waals surface area contributed by atoms with Gasteiger partial charge in [0.2, 0.25) is 0 Å². The zero-order valence-electron chi connectivity index (χ0n) is 14.1. The molecule has 0 saturated heterocycles. The lowest BCUT2D eigenvalue weighted by Crippen LogP contribution is -2.31. The molecule has 0 saturated carbocycles. The summed E-state index contributed by atoms with van der Waals surface area (Å²) in [7, 11) is -2.55. The molecular formula is C17H19N3O4S. The molecule has 0 unspecified atom stereocenters. The topological polar surface area (TPSA) is 104 Å². The van der Waals surface area contributed by atoms with Gasteiger partial charge < -0.3 is 10.6 Å². The number of carbonyl (C=O) groups excluding carboxylic acids is 2. The van der Waals surface area contributed by atoms with Crippen LogP contribution in [0.2, 0.25) is 0 Å². The Kier molecular flexibility index (Phi) is 5.43. The number of rotatable bonds is 4. The molecule has 0 atom stereocenters. The van der Waals surface area contributed by atoms with Crippen LogP contribution in [0.3, 0.4) is 0 Å². The van der Waals surface area contributed by atoms with Crippen molar-refractivity contribution in [2.24, 2.45) is 0 Å². The average Bonchev–Trinajstić information content (AvgIpc) is 2.57. The van der Waals surface area contributed by atoms with E-state index in [9.17, 15) is 18.0 Å². The summed E-state index contributed by atoms with van der Waals surface area (Å²) >= 11 is 0. The van der Waals surface area contributed by atoms with Crippen LogP contribution in [0, 0.1) is 13.8 Å². The number of nitrogens with one attached hydrogen (secondary N) is 3. The van der Waals surface area contributed by atoms with Crippen LogP contribution in [0.25, 0.3) is 0 Å². The van der Waals surface area contributed by atoms with Gasteiger partial charge in [-0.3, -0.25) is 4.79 Å². The molecule has 0 heterocycles. The number of aryl methyl sites for hydroxylation is 1. The van der Waals surface area contributed by atoms with Crippen LogP contribution in [-0.4, -0.2) is 27.4 Å². The van der Waals surface area contributed by atoms with Crippen molar-refractivity contribution < 1.29 is 18.0 Å². The lowest BCUT2D eigenvalue weighted by Gasteiger charge is -2.11. The molecule has 132 valence electrons. The first-order chi connectivity index (χ1) is 11.7. The number of hydrogen-bond acceptors (Lipinski definition) is 4. The first-order valence-electron chi connectivity index (χ1n) is 7.47. The van der Waals surface area contributed by atoms with Crippen LogP contribution >= 0.6 is 0 Å². The molecule has 0 aliphatic heterocycles. The van der Waals surface area contributed by atoms with E-state index in [1.54, 1.807) is 19.1 Å². The van der Waals surface area contributed by atoms with Crippen molar-refractivity contribution in [2.75, 3.05) is 12.4 Å². The molecule has 2 aromatic carbocycles. The van der Waals surface area contributed by atoms with Crippen molar-refractivity contribution in [3.8, 4) is 0 Å². The second-order valence-electron chi connectivity index (χ2n) is 5.41. The van der Waals surface area contributed by atoms with Crippen LogP contribution in [0.4, 0.5) is 10.5 Å². The Labute approximate surface area is 146 Å². The van der Waals surface area contributed by atoms with E-state index in [1.807, 2.05) is 13.0 Å². The average molecular weight is 361 g/mol. The molecule has 8 heteroatoms. The maximum atomic E-state index is 12.4. The van der Waals surface area contributed by atoms with Crippen molar-refractivity contribution in [3.05, 3.63) is 59.2 Å². The Morgan fingerprint density at radius 2 is 1.60 bits per heavy atom. The number of sulfonamides is 1. The number of hydrogen-bond donors (Lipinski definition) is 3. The molecule has 7 nitrogen and oxygen atoms in total. The van der Waals surface area contributed by atoms with Gasteiger partial charge in [0.05, 0.1) is 4.90 Å². The second kappa shape index (κ2) is 7.35. The molecule has 0 aromatic heterocycles.